The molecule has 10 heteroatoms. The van der Waals surface area contributed by atoms with Crippen molar-refractivity contribution in [2.75, 3.05) is 36.2 Å². The highest BCUT2D eigenvalue weighted by Crippen LogP contribution is 2.41. The number of esters is 2. The van der Waals surface area contributed by atoms with Gasteiger partial charge in [-0.2, -0.15) is 23.5 Å². The molecule has 0 bridgehead atoms. The quantitative estimate of drug-likeness (QED) is 0.115. The first-order valence-corrected chi connectivity index (χ1v) is 18.2. The van der Waals surface area contributed by atoms with Crippen LogP contribution in [0.3, 0.4) is 0 Å². The smallest absolute Gasteiger partial charge is 0.330 e. The number of benzene rings is 1. The van der Waals surface area contributed by atoms with Crippen molar-refractivity contribution in [2.45, 2.75) is 44.0 Å². The summed E-state index contributed by atoms with van der Waals surface area (Å²) in [7, 11) is 0. The molecule has 0 spiro atoms. The van der Waals surface area contributed by atoms with Crippen molar-refractivity contribution in [2.24, 2.45) is 0 Å². The van der Waals surface area contributed by atoms with E-state index in [0.717, 1.165) is 34.5 Å². The van der Waals surface area contributed by atoms with E-state index in [1.807, 2.05) is 70.6 Å². The molecular formula is C26H34O4S6. The summed E-state index contributed by atoms with van der Waals surface area (Å²) < 4.78 is 11.6. The van der Waals surface area contributed by atoms with Crippen molar-refractivity contribution in [3.63, 3.8) is 0 Å². The van der Waals surface area contributed by atoms with Crippen LogP contribution in [0, 0.1) is 0 Å². The van der Waals surface area contributed by atoms with Gasteiger partial charge in [0, 0.05) is 45.7 Å². The topological polar surface area (TPSA) is 52.6 Å². The summed E-state index contributed by atoms with van der Waals surface area (Å²) in [6.07, 6.45) is 4.82. The average Bonchev–Trinajstić information content (AvgIpc) is 3.56. The molecule has 4 atom stereocenters. The number of hydrogen-bond acceptors (Lipinski definition) is 10. The monoisotopic (exact) mass is 602 g/mol. The van der Waals surface area contributed by atoms with E-state index in [4.69, 9.17) is 9.47 Å². The Morgan fingerprint density at radius 1 is 0.806 bits per heavy atom. The SMILES string of the molecule is C=CC(=O)OCC1CSC(CCSCc2ccc(CSCCC3SCC(COC(=O)C=C)S3)cc2)S1. The maximum absolute atomic E-state index is 11.2. The minimum atomic E-state index is -0.327. The lowest BCUT2D eigenvalue weighted by atomic mass is 10.2. The van der Waals surface area contributed by atoms with Gasteiger partial charge in [0.1, 0.15) is 13.2 Å². The van der Waals surface area contributed by atoms with Crippen LogP contribution in [-0.4, -0.2) is 67.8 Å². The number of ether oxygens (including phenoxy) is 2. The second-order valence-corrected chi connectivity index (χ2v) is 16.5. The Balaban J connectivity index is 1.20. The molecule has 0 amide bonds. The molecule has 0 aliphatic carbocycles. The van der Waals surface area contributed by atoms with Crippen LogP contribution in [0.1, 0.15) is 24.0 Å². The lowest BCUT2D eigenvalue weighted by molar-refractivity contribution is -0.138. The van der Waals surface area contributed by atoms with Gasteiger partial charge in [0.05, 0.1) is 9.16 Å². The molecule has 1 aromatic rings. The van der Waals surface area contributed by atoms with Crippen molar-refractivity contribution in [1.29, 1.82) is 0 Å². The molecule has 2 aliphatic rings. The first kappa shape index (κ1) is 30.3. The molecule has 0 aromatic heterocycles. The highest BCUT2D eigenvalue weighted by Gasteiger charge is 2.27. The van der Waals surface area contributed by atoms with Gasteiger partial charge in [-0.1, -0.05) is 37.4 Å². The molecular weight excluding hydrogens is 569 g/mol. The van der Waals surface area contributed by atoms with Crippen molar-refractivity contribution in [3.05, 3.63) is 60.7 Å². The summed E-state index contributed by atoms with van der Waals surface area (Å²) in [5.74, 6) is 5.85. The summed E-state index contributed by atoms with van der Waals surface area (Å²) in [4.78, 5) is 22.4. The Bertz CT molecular complexity index is 780. The zero-order valence-electron chi connectivity index (χ0n) is 20.3. The van der Waals surface area contributed by atoms with Gasteiger partial charge in [0.2, 0.25) is 0 Å². The van der Waals surface area contributed by atoms with Gasteiger partial charge >= 0.3 is 11.9 Å². The summed E-state index contributed by atoms with van der Waals surface area (Å²) >= 11 is 11.9. The molecule has 0 saturated carbocycles. The van der Waals surface area contributed by atoms with Crippen molar-refractivity contribution < 1.29 is 19.1 Å². The highest BCUT2D eigenvalue weighted by atomic mass is 32.2. The third-order valence-corrected chi connectivity index (χ3v) is 14.2. The Kier molecular flexibility index (Phi) is 14.6. The van der Waals surface area contributed by atoms with Crippen LogP contribution in [0.25, 0.3) is 0 Å². The fourth-order valence-corrected chi connectivity index (χ4v) is 12.4. The minimum absolute atomic E-state index is 0.327. The van der Waals surface area contributed by atoms with Crippen molar-refractivity contribution in [1.82, 2.24) is 0 Å². The predicted molar refractivity (Wildman–Crippen MR) is 166 cm³/mol. The first-order chi connectivity index (χ1) is 17.6. The van der Waals surface area contributed by atoms with Crippen LogP contribution in [-0.2, 0) is 30.6 Å². The molecule has 198 valence electrons. The number of carbonyl (C=O) groups excluding carboxylic acids is 2. The van der Waals surface area contributed by atoms with E-state index in [1.165, 1.54) is 36.1 Å². The Morgan fingerprint density at radius 2 is 1.22 bits per heavy atom. The van der Waals surface area contributed by atoms with E-state index in [1.54, 1.807) is 0 Å². The predicted octanol–water partition coefficient (Wildman–Crippen LogP) is 6.74. The molecule has 3 rings (SSSR count). The van der Waals surface area contributed by atoms with Gasteiger partial charge in [-0.15, -0.1) is 47.0 Å². The Hall–Kier alpha value is -0.260. The molecule has 0 radical (unpaired) electrons. The van der Waals surface area contributed by atoms with Gasteiger partial charge in [0.25, 0.3) is 0 Å². The second kappa shape index (κ2) is 17.4. The van der Waals surface area contributed by atoms with Gasteiger partial charge in [-0.25, -0.2) is 9.59 Å². The summed E-state index contributed by atoms with van der Waals surface area (Å²) in [5, 5.41) is 0.807. The van der Waals surface area contributed by atoms with Gasteiger partial charge in [0.15, 0.2) is 0 Å². The van der Waals surface area contributed by atoms with Crippen LogP contribution >= 0.6 is 70.6 Å². The molecule has 0 N–H and O–H groups in total. The lowest BCUT2D eigenvalue weighted by Crippen LogP contribution is -2.14. The number of thioether (sulfide) groups is 6. The van der Waals surface area contributed by atoms with E-state index in [0.29, 0.717) is 32.9 Å². The number of rotatable bonds is 16. The third-order valence-electron chi connectivity index (χ3n) is 5.34. The van der Waals surface area contributed by atoms with Gasteiger partial charge in [-0.3, -0.25) is 0 Å². The largest absolute Gasteiger partial charge is 0.461 e. The fourth-order valence-electron chi connectivity index (χ4n) is 3.43. The average molecular weight is 603 g/mol. The standard InChI is InChI=1S/C26H34O4S6/c1-3-23(27)29-13-21-17-33-25(35-21)9-11-31-15-19-5-7-20(8-6-19)16-32-12-10-26-34-18-22(36-26)14-30-24(28)4-2/h3-8,21-22,25-26H,1-2,9-18H2. The molecule has 36 heavy (non-hydrogen) atoms. The normalized spacial score (nSPS) is 23.3. The minimum Gasteiger partial charge on any atom is -0.461 e. The lowest BCUT2D eigenvalue weighted by Gasteiger charge is -2.11. The van der Waals surface area contributed by atoms with E-state index in [2.05, 4.69) is 37.4 Å². The van der Waals surface area contributed by atoms with E-state index < -0.39 is 0 Å². The zero-order chi connectivity index (χ0) is 25.6. The molecule has 2 saturated heterocycles. The van der Waals surface area contributed by atoms with Gasteiger partial charge < -0.3 is 9.47 Å². The molecule has 2 aliphatic heterocycles. The third kappa shape index (κ3) is 11.6. The number of hydrogen-bond donors (Lipinski definition) is 0. The highest BCUT2D eigenvalue weighted by molar-refractivity contribution is 8.21. The van der Waals surface area contributed by atoms with Gasteiger partial charge in [-0.05, 0) is 35.5 Å². The zero-order valence-corrected chi connectivity index (χ0v) is 25.2. The van der Waals surface area contributed by atoms with Crippen LogP contribution < -0.4 is 0 Å². The summed E-state index contributed by atoms with van der Waals surface area (Å²) in [6.45, 7) is 7.86. The van der Waals surface area contributed by atoms with Crippen LogP contribution in [0.5, 0.6) is 0 Å². The van der Waals surface area contributed by atoms with Crippen LogP contribution in [0.2, 0.25) is 0 Å². The maximum Gasteiger partial charge on any atom is 0.330 e. The molecule has 2 fully saturated rings. The van der Waals surface area contributed by atoms with Crippen molar-refractivity contribution >= 4 is 82.5 Å². The Morgan fingerprint density at radius 3 is 1.61 bits per heavy atom. The summed E-state index contributed by atoms with van der Waals surface area (Å²) in [6, 6.07) is 9.07. The van der Waals surface area contributed by atoms with Crippen molar-refractivity contribution in [3.8, 4) is 0 Å². The summed E-state index contributed by atoms with van der Waals surface area (Å²) in [5.41, 5.74) is 2.77. The Labute approximate surface area is 241 Å². The molecule has 1 aromatic carbocycles. The molecule has 2 heterocycles. The molecule has 4 unspecified atom stereocenters. The van der Waals surface area contributed by atoms with E-state index >= 15 is 0 Å². The van der Waals surface area contributed by atoms with Crippen LogP contribution in [0.4, 0.5) is 0 Å². The first-order valence-electron chi connectivity index (χ1n) is 11.9. The number of carbonyl (C=O) groups is 2. The molecule has 4 nitrogen and oxygen atoms in total. The van der Waals surface area contributed by atoms with Crippen LogP contribution in [0.15, 0.2) is 49.6 Å². The van der Waals surface area contributed by atoms with E-state index in [9.17, 15) is 9.59 Å². The fraction of sp³-hybridized carbons (Fsp3) is 0.538. The van der Waals surface area contributed by atoms with E-state index in [-0.39, 0.29) is 11.9 Å². The second-order valence-electron chi connectivity index (χ2n) is 8.21. The maximum atomic E-state index is 11.2.